The van der Waals surface area contributed by atoms with Crippen LogP contribution in [-0.2, 0) is 4.79 Å². The number of hydrogen-bond acceptors (Lipinski definition) is 2. The molecule has 2 rings (SSSR count). The van der Waals surface area contributed by atoms with Gasteiger partial charge in [0.15, 0.2) is 0 Å². The van der Waals surface area contributed by atoms with Gasteiger partial charge in [0, 0.05) is 34.9 Å². The SMILES string of the molecule is CCN(CC)C(=O)c1ccc(NC(=O)/C=C/c2ccccc2Br)cc1. The van der Waals surface area contributed by atoms with Crippen LogP contribution in [0.1, 0.15) is 29.8 Å². The number of carbonyl (C=O) groups is 2. The van der Waals surface area contributed by atoms with Gasteiger partial charge < -0.3 is 10.2 Å². The molecule has 4 nitrogen and oxygen atoms in total. The molecule has 25 heavy (non-hydrogen) atoms. The van der Waals surface area contributed by atoms with E-state index in [1.54, 1.807) is 35.2 Å². The number of nitrogens with zero attached hydrogens (tertiary/aromatic N) is 1. The molecular formula is C20H21BrN2O2. The van der Waals surface area contributed by atoms with E-state index in [1.165, 1.54) is 6.08 Å². The highest BCUT2D eigenvalue weighted by molar-refractivity contribution is 9.10. The lowest BCUT2D eigenvalue weighted by molar-refractivity contribution is -0.111. The van der Waals surface area contributed by atoms with E-state index < -0.39 is 0 Å². The van der Waals surface area contributed by atoms with E-state index in [4.69, 9.17) is 0 Å². The first-order valence-corrected chi connectivity index (χ1v) is 8.97. The number of benzene rings is 2. The van der Waals surface area contributed by atoms with Crippen molar-refractivity contribution in [3.05, 3.63) is 70.2 Å². The smallest absolute Gasteiger partial charge is 0.253 e. The minimum absolute atomic E-state index is 0.00306. The number of carbonyl (C=O) groups excluding carboxylic acids is 2. The average molecular weight is 401 g/mol. The van der Waals surface area contributed by atoms with Gasteiger partial charge in [-0.15, -0.1) is 0 Å². The Morgan fingerprint density at radius 3 is 2.28 bits per heavy atom. The van der Waals surface area contributed by atoms with Crippen LogP contribution in [-0.4, -0.2) is 29.8 Å². The fourth-order valence-corrected chi connectivity index (χ4v) is 2.77. The predicted molar refractivity (Wildman–Crippen MR) is 105 cm³/mol. The first-order valence-electron chi connectivity index (χ1n) is 8.18. The zero-order chi connectivity index (χ0) is 18.2. The Hall–Kier alpha value is -2.40. The maximum absolute atomic E-state index is 12.3. The summed E-state index contributed by atoms with van der Waals surface area (Å²) in [6.45, 7) is 5.25. The molecule has 0 spiro atoms. The van der Waals surface area contributed by atoms with Gasteiger partial charge in [0.2, 0.25) is 5.91 Å². The standard InChI is InChI=1S/C20H21BrN2O2/c1-3-23(4-2)20(25)16-9-12-17(13-10-16)22-19(24)14-11-15-7-5-6-8-18(15)21/h5-14H,3-4H2,1-2H3,(H,22,24)/b14-11+. The van der Waals surface area contributed by atoms with Gasteiger partial charge >= 0.3 is 0 Å². The summed E-state index contributed by atoms with van der Waals surface area (Å²) >= 11 is 3.44. The summed E-state index contributed by atoms with van der Waals surface area (Å²) in [4.78, 5) is 26.0. The number of nitrogens with one attached hydrogen (secondary N) is 1. The van der Waals surface area contributed by atoms with Crippen molar-refractivity contribution in [1.29, 1.82) is 0 Å². The number of halogens is 1. The monoisotopic (exact) mass is 400 g/mol. The second-order valence-electron chi connectivity index (χ2n) is 5.40. The average Bonchev–Trinajstić information content (AvgIpc) is 2.62. The number of rotatable bonds is 6. The molecule has 0 atom stereocenters. The van der Waals surface area contributed by atoms with Crippen molar-refractivity contribution in [1.82, 2.24) is 4.90 Å². The summed E-state index contributed by atoms with van der Waals surface area (Å²) in [7, 11) is 0. The van der Waals surface area contributed by atoms with Gasteiger partial charge in [-0.1, -0.05) is 34.1 Å². The van der Waals surface area contributed by atoms with Crippen LogP contribution in [0.5, 0.6) is 0 Å². The van der Waals surface area contributed by atoms with Crippen LogP contribution in [0.3, 0.4) is 0 Å². The van der Waals surface area contributed by atoms with Gasteiger partial charge in [0.25, 0.3) is 5.91 Å². The van der Waals surface area contributed by atoms with Crippen molar-refractivity contribution < 1.29 is 9.59 Å². The Morgan fingerprint density at radius 2 is 1.68 bits per heavy atom. The molecule has 0 aromatic heterocycles. The zero-order valence-corrected chi connectivity index (χ0v) is 15.9. The fraction of sp³-hybridized carbons (Fsp3) is 0.200. The lowest BCUT2D eigenvalue weighted by atomic mass is 10.1. The Morgan fingerprint density at radius 1 is 1.04 bits per heavy atom. The van der Waals surface area contributed by atoms with E-state index in [-0.39, 0.29) is 11.8 Å². The topological polar surface area (TPSA) is 49.4 Å². The van der Waals surface area contributed by atoms with Crippen LogP contribution in [0.25, 0.3) is 6.08 Å². The van der Waals surface area contributed by atoms with Crippen molar-refractivity contribution in [2.45, 2.75) is 13.8 Å². The molecule has 0 unspecified atom stereocenters. The third-order valence-corrected chi connectivity index (χ3v) is 4.49. The highest BCUT2D eigenvalue weighted by Crippen LogP contribution is 2.17. The van der Waals surface area contributed by atoms with E-state index in [1.807, 2.05) is 38.1 Å². The van der Waals surface area contributed by atoms with Crippen LogP contribution in [0, 0.1) is 0 Å². The molecule has 0 heterocycles. The molecule has 0 fully saturated rings. The van der Waals surface area contributed by atoms with Gasteiger partial charge in [0.1, 0.15) is 0 Å². The number of amides is 2. The van der Waals surface area contributed by atoms with Crippen molar-refractivity contribution in [2.24, 2.45) is 0 Å². The zero-order valence-electron chi connectivity index (χ0n) is 14.3. The molecule has 0 aliphatic carbocycles. The van der Waals surface area contributed by atoms with E-state index in [2.05, 4.69) is 21.2 Å². The van der Waals surface area contributed by atoms with E-state index in [0.29, 0.717) is 24.3 Å². The summed E-state index contributed by atoms with van der Waals surface area (Å²) < 4.78 is 0.929. The van der Waals surface area contributed by atoms with Crippen molar-refractivity contribution in [3.63, 3.8) is 0 Å². The molecule has 5 heteroatoms. The molecule has 2 aromatic rings. The third kappa shape index (κ3) is 5.29. The first kappa shape index (κ1) is 18.9. The quantitative estimate of drug-likeness (QED) is 0.721. The Labute approximate surface area is 156 Å². The lowest BCUT2D eigenvalue weighted by Crippen LogP contribution is -2.30. The summed E-state index contributed by atoms with van der Waals surface area (Å²) in [5, 5.41) is 2.79. The second-order valence-corrected chi connectivity index (χ2v) is 6.25. The first-order chi connectivity index (χ1) is 12.0. The molecular weight excluding hydrogens is 380 g/mol. The maximum atomic E-state index is 12.3. The van der Waals surface area contributed by atoms with Crippen LogP contribution >= 0.6 is 15.9 Å². The highest BCUT2D eigenvalue weighted by atomic mass is 79.9. The highest BCUT2D eigenvalue weighted by Gasteiger charge is 2.12. The Bertz CT molecular complexity index is 766. The molecule has 0 aliphatic rings. The van der Waals surface area contributed by atoms with Crippen LogP contribution in [0.2, 0.25) is 0 Å². The number of hydrogen-bond donors (Lipinski definition) is 1. The van der Waals surface area contributed by atoms with E-state index in [9.17, 15) is 9.59 Å². The van der Waals surface area contributed by atoms with E-state index >= 15 is 0 Å². The fourth-order valence-electron chi connectivity index (χ4n) is 2.35. The lowest BCUT2D eigenvalue weighted by Gasteiger charge is -2.18. The van der Waals surface area contributed by atoms with Gasteiger partial charge in [-0.25, -0.2) is 0 Å². The summed E-state index contributed by atoms with van der Waals surface area (Å²) in [5.74, 6) is -0.227. The van der Waals surface area contributed by atoms with E-state index in [0.717, 1.165) is 10.0 Å². The van der Waals surface area contributed by atoms with Crippen molar-refractivity contribution in [2.75, 3.05) is 18.4 Å². The number of anilines is 1. The van der Waals surface area contributed by atoms with Gasteiger partial charge in [-0.05, 0) is 55.8 Å². The molecule has 2 amide bonds. The van der Waals surface area contributed by atoms with Crippen LogP contribution in [0.15, 0.2) is 59.1 Å². The predicted octanol–water partition coefficient (Wildman–Crippen LogP) is 4.58. The molecule has 2 aromatic carbocycles. The van der Waals surface area contributed by atoms with Gasteiger partial charge in [0.05, 0.1) is 0 Å². The second kappa shape index (κ2) is 9.18. The minimum Gasteiger partial charge on any atom is -0.339 e. The molecule has 130 valence electrons. The molecule has 0 radical (unpaired) electrons. The Kier molecular flexibility index (Phi) is 6.95. The molecule has 1 N–H and O–H groups in total. The molecule has 0 saturated carbocycles. The largest absolute Gasteiger partial charge is 0.339 e. The molecule has 0 aliphatic heterocycles. The van der Waals surface area contributed by atoms with Crippen molar-refractivity contribution >= 4 is 39.5 Å². The Balaban J connectivity index is 2.00. The normalized spacial score (nSPS) is 10.7. The summed E-state index contributed by atoms with van der Waals surface area (Å²) in [6, 6.07) is 14.6. The van der Waals surface area contributed by atoms with Gasteiger partial charge in [-0.3, -0.25) is 9.59 Å². The molecule has 0 bridgehead atoms. The summed E-state index contributed by atoms with van der Waals surface area (Å²) in [6.07, 6.45) is 3.23. The third-order valence-electron chi connectivity index (χ3n) is 3.77. The van der Waals surface area contributed by atoms with Gasteiger partial charge in [-0.2, -0.15) is 0 Å². The van der Waals surface area contributed by atoms with Crippen molar-refractivity contribution in [3.8, 4) is 0 Å². The van der Waals surface area contributed by atoms with Crippen LogP contribution < -0.4 is 5.32 Å². The van der Waals surface area contributed by atoms with Crippen LogP contribution in [0.4, 0.5) is 5.69 Å². The molecule has 0 saturated heterocycles. The summed E-state index contributed by atoms with van der Waals surface area (Å²) in [5.41, 5.74) is 2.20. The maximum Gasteiger partial charge on any atom is 0.253 e. The minimum atomic E-state index is -0.224.